The average molecular weight is 246 g/mol. The van der Waals surface area contributed by atoms with Gasteiger partial charge in [-0.2, -0.15) is 0 Å². The van der Waals surface area contributed by atoms with Crippen LogP contribution in [0.2, 0.25) is 0 Å². The molecule has 3 rings (SSSR count). The van der Waals surface area contributed by atoms with E-state index in [1.54, 1.807) is 0 Å². The molecule has 0 radical (unpaired) electrons. The Morgan fingerprint density at radius 1 is 1.33 bits per heavy atom. The van der Waals surface area contributed by atoms with Crippen molar-refractivity contribution >= 4 is 0 Å². The summed E-state index contributed by atoms with van der Waals surface area (Å²) in [6, 6.07) is 9.78. The Kier molecular flexibility index (Phi) is 3.52. The topological polar surface area (TPSA) is 24.5 Å². The van der Waals surface area contributed by atoms with Crippen LogP contribution in [0.4, 0.5) is 0 Å². The molecule has 3 nitrogen and oxygen atoms in total. The van der Waals surface area contributed by atoms with Gasteiger partial charge in [-0.05, 0) is 19.0 Å². The van der Waals surface area contributed by atoms with Gasteiger partial charge in [0.2, 0.25) is 0 Å². The van der Waals surface area contributed by atoms with Gasteiger partial charge in [0.15, 0.2) is 0 Å². The van der Waals surface area contributed by atoms with Crippen molar-refractivity contribution in [2.75, 3.05) is 26.2 Å². The highest BCUT2D eigenvalue weighted by Gasteiger charge is 2.33. The molecule has 98 valence electrons. The van der Waals surface area contributed by atoms with Crippen molar-refractivity contribution in [1.29, 1.82) is 0 Å². The predicted molar refractivity (Wildman–Crippen MR) is 72.9 cm³/mol. The minimum absolute atomic E-state index is 0.544. The second-order valence-corrected chi connectivity index (χ2v) is 5.24. The normalized spacial score (nSPS) is 23.3. The summed E-state index contributed by atoms with van der Waals surface area (Å²) in [6.45, 7) is 6.58. The lowest BCUT2D eigenvalue weighted by Crippen LogP contribution is -2.58. The van der Waals surface area contributed by atoms with Gasteiger partial charge in [-0.15, -0.1) is 0 Å². The molecule has 2 aliphatic heterocycles. The van der Waals surface area contributed by atoms with Crippen LogP contribution < -0.4 is 10.1 Å². The molecule has 1 N–H and O–H groups in total. The SMILES string of the molecule is CCCN(C1CNC1)C1CCOc2ccccc21. The zero-order valence-electron chi connectivity index (χ0n) is 11.1. The summed E-state index contributed by atoms with van der Waals surface area (Å²) in [7, 11) is 0. The predicted octanol–water partition coefficient (Wildman–Crippen LogP) is 2.19. The lowest BCUT2D eigenvalue weighted by Gasteiger charge is -2.44. The Morgan fingerprint density at radius 3 is 2.89 bits per heavy atom. The van der Waals surface area contributed by atoms with Crippen molar-refractivity contribution in [3.05, 3.63) is 29.8 Å². The molecule has 1 atom stereocenters. The third-order valence-electron chi connectivity index (χ3n) is 4.04. The van der Waals surface area contributed by atoms with E-state index in [9.17, 15) is 0 Å². The first-order valence-electron chi connectivity index (χ1n) is 7.08. The van der Waals surface area contributed by atoms with E-state index in [1.165, 1.54) is 18.5 Å². The minimum atomic E-state index is 0.544. The van der Waals surface area contributed by atoms with Gasteiger partial charge in [0, 0.05) is 37.2 Å². The van der Waals surface area contributed by atoms with Crippen LogP contribution in [0.1, 0.15) is 31.4 Å². The Morgan fingerprint density at radius 2 is 2.17 bits per heavy atom. The summed E-state index contributed by atoms with van der Waals surface area (Å²) in [5.41, 5.74) is 1.38. The van der Waals surface area contributed by atoms with Crippen molar-refractivity contribution in [3.8, 4) is 5.75 Å². The summed E-state index contributed by atoms with van der Waals surface area (Å²) in [5.74, 6) is 1.09. The maximum absolute atomic E-state index is 5.77. The summed E-state index contributed by atoms with van der Waals surface area (Å²) >= 11 is 0. The van der Waals surface area contributed by atoms with Crippen molar-refractivity contribution in [2.45, 2.75) is 31.8 Å². The molecule has 2 heterocycles. The number of benzene rings is 1. The second-order valence-electron chi connectivity index (χ2n) is 5.24. The number of hydrogen-bond donors (Lipinski definition) is 1. The van der Waals surface area contributed by atoms with Crippen molar-refractivity contribution in [1.82, 2.24) is 10.2 Å². The Bertz CT molecular complexity index is 403. The van der Waals surface area contributed by atoms with E-state index in [0.29, 0.717) is 12.1 Å². The fourth-order valence-electron chi connectivity index (χ4n) is 3.03. The highest BCUT2D eigenvalue weighted by Crippen LogP contribution is 2.37. The smallest absolute Gasteiger partial charge is 0.124 e. The molecule has 3 heteroatoms. The number of para-hydroxylation sites is 1. The zero-order valence-corrected chi connectivity index (χ0v) is 11.1. The van der Waals surface area contributed by atoms with E-state index in [4.69, 9.17) is 4.74 Å². The largest absolute Gasteiger partial charge is 0.493 e. The van der Waals surface area contributed by atoms with Crippen molar-refractivity contribution in [3.63, 3.8) is 0 Å². The highest BCUT2D eigenvalue weighted by molar-refractivity contribution is 5.37. The van der Waals surface area contributed by atoms with Crippen molar-refractivity contribution in [2.24, 2.45) is 0 Å². The molecular weight excluding hydrogens is 224 g/mol. The fourth-order valence-corrected chi connectivity index (χ4v) is 3.03. The molecule has 18 heavy (non-hydrogen) atoms. The lowest BCUT2D eigenvalue weighted by atomic mass is 9.95. The van der Waals surface area contributed by atoms with Crippen LogP contribution in [0.15, 0.2) is 24.3 Å². The maximum Gasteiger partial charge on any atom is 0.124 e. The van der Waals surface area contributed by atoms with E-state index in [0.717, 1.165) is 31.9 Å². The van der Waals surface area contributed by atoms with Crippen LogP contribution in [0, 0.1) is 0 Å². The number of fused-ring (bicyclic) bond motifs is 1. The van der Waals surface area contributed by atoms with Crippen LogP contribution in [0.3, 0.4) is 0 Å². The summed E-state index contributed by atoms with van der Waals surface area (Å²) in [6.07, 6.45) is 2.34. The highest BCUT2D eigenvalue weighted by atomic mass is 16.5. The second kappa shape index (κ2) is 5.29. The molecule has 0 aromatic heterocycles. The van der Waals surface area contributed by atoms with Gasteiger partial charge >= 0.3 is 0 Å². The Hall–Kier alpha value is -1.06. The van der Waals surface area contributed by atoms with Crippen LogP contribution in [-0.4, -0.2) is 37.2 Å². The lowest BCUT2D eigenvalue weighted by molar-refractivity contribution is 0.0683. The molecule has 0 saturated carbocycles. The first-order chi connectivity index (χ1) is 8.90. The third kappa shape index (κ3) is 2.13. The van der Waals surface area contributed by atoms with Gasteiger partial charge in [-0.25, -0.2) is 0 Å². The van der Waals surface area contributed by atoms with Crippen LogP contribution in [0.25, 0.3) is 0 Å². The van der Waals surface area contributed by atoms with Crippen LogP contribution in [-0.2, 0) is 0 Å². The fraction of sp³-hybridized carbons (Fsp3) is 0.600. The van der Waals surface area contributed by atoms with Gasteiger partial charge in [0.05, 0.1) is 6.61 Å². The summed E-state index contributed by atoms with van der Waals surface area (Å²) in [4.78, 5) is 2.68. The van der Waals surface area contributed by atoms with Gasteiger partial charge < -0.3 is 10.1 Å². The Labute approximate surface area is 109 Å². The van der Waals surface area contributed by atoms with Crippen LogP contribution >= 0.6 is 0 Å². The molecule has 0 amide bonds. The number of rotatable bonds is 4. The Balaban J connectivity index is 1.85. The molecule has 0 bridgehead atoms. The van der Waals surface area contributed by atoms with Gasteiger partial charge in [0.25, 0.3) is 0 Å². The molecule has 1 aromatic carbocycles. The van der Waals surface area contributed by atoms with E-state index in [-0.39, 0.29) is 0 Å². The van der Waals surface area contributed by atoms with Gasteiger partial charge in [-0.1, -0.05) is 25.1 Å². The van der Waals surface area contributed by atoms with Gasteiger partial charge in [-0.3, -0.25) is 4.90 Å². The number of nitrogens with one attached hydrogen (secondary N) is 1. The summed E-state index contributed by atoms with van der Waals surface area (Å²) in [5, 5.41) is 3.39. The molecule has 0 spiro atoms. The van der Waals surface area contributed by atoms with Gasteiger partial charge in [0.1, 0.15) is 5.75 Å². The van der Waals surface area contributed by atoms with E-state index >= 15 is 0 Å². The van der Waals surface area contributed by atoms with E-state index in [1.807, 2.05) is 0 Å². The number of nitrogens with zero attached hydrogens (tertiary/aromatic N) is 1. The zero-order chi connectivity index (χ0) is 12.4. The molecule has 2 aliphatic rings. The molecule has 0 aliphatic carbocycles. The number of hydrogen-bond acceptors (Lipinski definition) is 3. The average Bonchev–Trinajstić information content (AvgIpc) is 2.35. The molecule has 1 saturated heterocycles. The quantitative estimate of drug-likeness (QED) is 0.881. The summed E-state index contributed by atoms with van der Waals surface area (Å²) < 4.78 is 5.77. The van der Waals surface area contributed by atoms with E-state index < -0.39 is 0 Å². The first kappa shape index (κ1) is 12.0. The number of ether oxygens (including phenoxy) is 1. The van der Waals surface area contributed by atoms with Crippen molar-refractivity contribution < 1.29 is 4.74 Å². The third-order valence-corrected chi connectivity index (χ3v) is 4.04. The minimum Gasteiger partial charge on any atom is -0.493 e. The molecular formula is C15H22N2O. The van der Waals surface area contributed by atoms with E-state index in [2.05, 4.69) is 41.4 Å². The monoisotopic (exact) mass is 246 g/mol. The maximum atomic E-state index is 5.77. The van der Waals surface area contributed by atoms with Crippen LogP contribution in [0.5, 0.6) is 5.75 Å². The molecule has 1 fully saturated rings. The molecule has 1 unspecified atom stereocenters. The first-order valence-corrected chi connectivity index (χ1v) is 7.08. The standard InChI is InChI=1S/C15H22N2O/c1-2-8-17(12-10-16-11-12)14-7-9-18-15-6-4-3-5-13(14)15/h3-6,12,14,16H,2,7-11H2,1H3. The molecule has 1 aromatic rings.